The molecular weight excluding hydrogens is 537 g/mol. The molecule has 2 heterocycles. The summed E-state index contributed by atoms with van der Waals surface area (Å²) in [6, 6.07) is 17.8. The van der Waals surface area contributed by atoms with Crippen molar-refractivity contribution in [2.24, 2.45) is 5.73 Å². The Labute approximate surface area is 222 Å². The Hall–Kier alpha value is -4.55. The van der Waals surface area contributed by atoms with Gasteiger partial charge in [-0.1, -0.05) is 24.3 Å². The Morgan fingerprint density at radius 2 is 1.74 bits per heavy atom. The van der Waals surface area contributed by atoms with Gasteiger partial charge in [0.25, 0.3) is 0 Å². The number of amides is 1. The molecule has 3 N–H and O–H groups in total. The lowest BCUT2D eigenvalue weighted by atomic mass is 10.0. The molecule has 2 aromatic heterocycles. The fraction of sp³-hybridized carbons (Fsp3) is 0.111. The van der Waals surface area contributed by atoms with Crippen molar-refractivity contribution in [2.45, 2.75) is 12.9 Å². The molecule has 5 aromatic rings. The van der Waals surface area contributed by atoms with Gasteiger partial charge in [-0.2, -0.15) is 4.89 Å². The molecule has 39 heavy (non-hydrogen) atoms. The van der Waals surface area contributed by atoms with Gasteiger partial charge in [-0.05, 0) is 59.0 Å². The molecule has 0 aliphatic rings. The van der Waals surface area contributed by atoms with Crippen molar-refractivity contribution in [3.05, 3.63) is 83.2 Å². The van der Waals surface area contributed by atoms with Gasteiger partial charge in [-0.15, -0.1) is 24.5 Å². The highest BCUT2D eigenvalue weighted by atomic mass is 32.1. The monoisotopic (exact) mass is 556 g/mol. The molecule has 0 aliphatic heterocycles. The highest BCUT2D eigenvalue weighted by Crippen LogP contribution is 2.42. The number of carbonyl (C=O) groups excluding carboxylic acids is 1. The fourth-order valence-electron chi connectivity index (χ4n) is 4.37. The smallest absolute Gasteiger partial charge is 0.479 e. The normalized spacial score (nSPS) is 11.7. The summed E-state index contributed by atoms with van der Waals surface area (Å²) in [5.41, 5.74) is 8.50. The van der Waals surface area contributed by atoms with Gasteiger partial charge in [0, 0.05) is 22.4 Å². The summed E-state index contributed by atoms with van der Waals surface area (Å²) in [6.07, 6.45) is -4.81. The topological polar surface area (TPSA) is 113 Å². The van der Waals surface area contributed by atoms with Crippen LogP contribution in [-0.2, 0) is 16.2 Å². The van der Waals surface area contributed by atoms with Crippen LogP contribution in [0.25, 0.3) is 32.2 Å². The van der Waals surface area contributed by atoms with E-state index in [1.54, 1.807) is 24.3 Å². The first-order valence-electron chi connectivity index (χ1n) is 11.4. The number of nitrogens with two attached hydrogens (primary N) is 1. The SMILES string of the molecule is NC(=O)c1cccc2c1c1c(OOCC(=O)O)cc(-c3cccs3)cc1n2Cc1ccc(OC(F)(F)F)cc1. The third-order valence-corrected chi connectivity index (χ3v) is 6.77. The number of thiophene rings is 1. The molecule has 0 atom stereocenters. The van der Waals surface area contributed by atoms with Gasteiger partial charge < -0.3 is 25.0 Å². The Kier molecular flexibility index (Phi) is 6.89. The summed E-state index contributed by atoms with van der Waals surface area (Å²) in [6.45, 7) is -0.518. The molecule has 0 unspecified atom stereocenters. The number of ether oxygens (including phenoxy) is 1. The molecule has 200 valence electrons. The quantitative estimate of drug-likeness (QED) is 0.171. The number of nitrogens with zero attached hydrogens (tertiary/aromatic N) is 1. The van der Waals surface area contributed by atoms with Crippen molar-refractivity contribution in [3.63, 3.8) is 0 Å². The van der Waals surface area contributed by atoms with E-state index >= 15 is 0 Å². The molecule has 0 saturated heterocycles. The molecule has 0 bridgehead atoms. The van der Waals surface area contributed by atoms with Crippen molar-refractivity contribution in [2.75, 3.05) is 6.61 Å². The highest BCUT2D eigenvalue weighted by Gasteiger charge is 2.31. The van der Waals surface area contributed by atoms with Crippen LogP contribution in [0.4, 0.5) is 13.2 Å². The van der Waals surface area contributed by atoms with Crippen LogP contribution in [0.2, 0.25) is 0 Å². The van der Waals surface area contributed by atoms with Gasteiger partial charge in [0.2, 0.25) is 5.91 Å². The van der Waals surface area contributed by atoms with Crippen LogP contribution < -0.4 is 15.4 Å². The average molecular weight is 557 g/mol. The standard InChI is InChI=1S/C27H19F3N2O6S/c28-27(29,30)37-17-8-6-15(7-9-17)13-32-19-4-1-3-18(26(31)35)24(19)25-20(32)11-16(22-5-2-10-39-22)12-21(25)38-36-14-23(33)34/h1-12H,13-14H2,(H2,31,35)(H,33,34). The Balaban J connectivity index is 1.72. The number of aliphatic carboxylic acids is 1. The van der Waals surface area contributed by atoms with Gasteiger partial charge in [0.1, 0.15) is 5.75 Å². The van der Waals surface area contributed by atoms with E-state index in [1.807, 2.05) is 28.1 Å². The number of primary amides is 1. The number of halogens is 3. The predicted octanol–water partition coefficient (Wildman–Crippen LogP) is 5.96. The van der Waals surface area contributed by atoms with Crippen LogP contribution in [0.1, 0.15) is 15.9 Å². The molecular formula is C27H19F3N2O6S. The average Bonchev–Trinajstić information content (AvgIpc) is 3.51. The number of carbonyl (C=O) groups is 2. The lowest BCUT2D eigenvalue weighted by Gasteiger charge is -2.12. The van der Waals surface area contributed by atoms with Crippen LogP contribution in [0.3, 0.4) is 0 Å². The first-order valence-corrected chi connectivity index (χ1v) is 12.3. The van der Waals surface area contributed by atoms with Crippen LogP contribution in [0.5, 0.6) is 11.5 Å². The lowest BCUT2D eigenvalue weighted by molar-refractivity contribution is -0.274. The van der Waals surface area contributed by atoms with Crippen LogP contribution in [-0.4, -0.2) is 34.5 Å². The van der Waals surface area contributed by atoms with Gasteiger partial charge in [-0.3, -0.25) is 4.79 Å². The largest absolute Gasteiger partial charge is 0.573 e. The summed E-state index contributed by atoms with van der Waals surface area (Å²) in [7, 11) is 0. The van der Waals surface area contributed by atoms with E-state index in [1.165, 1.54) is 35.6 Å². The summed E-state index contributed by atoms with van der Waals surface area (Å²) < 4.78 is 43.7. The lowest BCUT2D eigenvalue weighted by Crippen LogP contribution is -2.17. The van der Waals surface area contributed by atoms with Gasteiger partial charge >= 0.3 is 12.3 Å². The number of rotatable bonds is 9. The predicted molar refractivity (Wildman–Crippen MR) is 138 cm³/mol. The fourth-order valence-corrected chi connectivity index (χ4v) is 5.09. The third-order valence-electron chi connectivity index (χ3n) is 5.86. The number of aromatic nitrogens is 1. The molecule has 5 rings (SSSR count). The molecule has 12 heteroatoms. The second-order valence-electron chi connectivity index (χ2n) is 8.43. The van der Waals surface area contributed by atoms with Crippen LogP contribution in [0.15, 0.2) is 72.1 Å². The minimum atomic E-state index is -4.81. The van der Waals surface area contributed by atoms with Crippen molar-refractivity contribution >= 4 is 45.0 Å². The van der Waals surface area contributed by atoms with Gasteiger partial charge in [0.05, 0.1) is 16.4 Å². The maximum Gasteiger partial charge on any atom is 0.573 e. The zero-order valence-corrected chi connectivity index (χ0v) is 20.7. The highest BCUT2D eigenvalue weighted by molar-refractivity contribution is 7.13. The van der Waals surface area contributed by atoms with Gasteiger partial charge in [-0.25, -0.2) is 4.79 Å². The number of hydrogen-bond donors (Lipinski definition) is 2. The Morgan fingerprint density at radius 3 is 2.38 bits per heavy atom. The zero-order chi connectivity index (χ0) is 27.7. The summed E-state index contributed by atoms with van der Waals surface area (Å²) in [5, 5.41) is 11.8. The van der Waals surface area contributed by atoms with E-state index < -0.39 is 24.8 Å². The van der Waals surface area contributed by atoms with Crippen LogP contribution >= 0.6 is 11.3 Å². The molecule has 0 spiro atoms. The molecule has 1 amide bonds. The maximum atomic E-state index is 12.6. The summed E-state index contributed by atoms with van der Waals surface area (Å²) in [4.78, 5) is 34.8. The molecule has 0 radical (unpaired) electrons. The minimum Gasteiger partial charge on any atom is -0.479 e. The summed E-state index contributed by atoms with van der Waals surface area (Å²) >= 11 is 1.47. The third kappa shape index (κ3) is 5.52. The van der Waals surface area contributed by atoms with E-state index in [9.17, 15) is 22.8 Å². The zero-order valence-electron chi connectivity index (χ0n) is 19.9. The molecule has 0 saturated carbocycles. The molecule has 0 aliphatic carbocycles. The Bertz CT molecular complexity index is 1680. The van der Waals surface area contributed by atoms with Crippen LogP contribution in [0, 0.1) is 0 Å². The number of fused-ring (bicyclic) bond motifs is 3. The summed E-state index contributed by atoms with van der Waals surface area (Å²) in [5.74, 6) is -2.11. The first-order chi connectivity index (χ1) is 18.6. The number of hydrogen-bond acceptors (Lipinski definition) is 6. The van der Waals surface area contributed by atoms with Crippen molar-refractivity contribution in [3.8, 4) is 21.9 Å². The van der Waals surface area contributed by atoms with E-state index in [0.29, 0.717) is 27.4 Å². The number of alkyl halides is 3. The van der Waals surface area contributed by atoms with E-state index in [0.717, 1.165) is 10.4 Å². The Morgan fingerprint density at radius 1 is 0.974 bits per heavy atom. The molecule has 8 nitrogen and oxygen atoms in total. The first kappa shape index (κ1) is 26.1. The second kappa shape index (κ2) is 10.3. The minimum absolute atomic E-state index is 0.170. The molecule has 0 fully saturated rings. The number of benzene rings is 3. The number of carboxylic acids is 1. The molecule has 3 aromatic carbocycles. The van der Waals surface area contributed by atoms with Gasteiger partial charge in [0.15, 0.2) is 12.4 Å². The van der Waals surface area contributed by atoms with E-state index in [2.05, 4.69) is 4.74 Å². The van der Waals surface area contributed by atoms with E-state index in [-0.39, 0.29) is 23.6 Å². The number of carboxylic acid groups (broad SMARTS) is 1. The van der Waals surface area contributed by atoms with Crippen molar-refractivity contribution < 1.29 is 42.4 Å². The van der Waals surface area contributed by atoms with Crippen molar-refractivity contribution in [1.29, 1.82) is 0 Å². The van der Waals surface area contributed by atoms with Crippen molar-refractivity contribution in [1.82, 2.24) is 4.57 Å². The van der Waals surface area contributed by atoms with E-state index in [4.69, 9.17) is 20.6 Å². The maximum absolute atomic E-state index is 12.6. The second-order valence-corrected chi connectivity index (χ2v) is 9.37.